The van der Waals surface area contributed by atoms with Crippen LogP contribution >= 0.6 is 0 Å². The van der Waals surface area contributed by atoms with Crippen molar-refractivity contribution in [2.75, 3.05) is 5.73 Å². The standard InChI is InChI=1S/C10H6F9NO/c11-7(12,9(15,16)17)8(13,14)10(18,19)21-6-4-2-1-3-5(6)20/h1-4H,20H2. The van der Waals surface area contributed by atoms with E-state index in [9.17, 15) is 39.5 Å². The summed E-state index contributed by atoms with van der Waals surface area (Å²) in [4.78, 5) is 0. The number of ether oxygens (including phenoxy) is 1. The van der Waals surface area contributed by atoms with Crippen LogP contribution in [0.5, 0.6) is 5.75 Å². The fourth-order valence-electron chi connectivity index (χ4n) is 1.14. The molecule has 0 unspecified atom stereocenters. The molecule has 0 spiro atoms. The van der Waals surface area contributed by atoms with Gasteiger partial charge in [-0.05, 0) is 12.1 Å². The summed E-state index contributed by atoms with van der Waals surface area (Å²) >= 11 is 0. The van der Waals surface area contributed by atoms with E-state index in [4.69, 9.17) is 5.73 Å². The number of nitrogen functional groups attached to an aromatic ring is 1. The van der Waals surface area contributed by atoms with E-state index in [1.807, 2.05) is 0 Å². The molecule has 0 heterocycles. The highest BCUT2D eigenvalue weighted by molar-refractivity contribution is 5.52. The van der Waals surface area contributed by atoms with Gasteiger partial charge >= 0.3 is 24.1 Å². The number of rotatable bonds is 4. The largest absolute Gasteiger partial charge is 0.471 e. The van der Waals surface area contributed by atoms with Gasteiger partial charge in [0, 0.05) is 0 Å². The fourth-order valence-corrected chi connectivity index (χ4v) is 1.14. The molecule has 0 atom stereocenters. The Morgan fingerprint density at radius 2 is 1.24 bits per heavy atom. The monoisotopic (exact) mass is 327 g/mol. The first-order valence-electron chi connectivity index (χ1n) is 4.98. The Morgan fingerprint density at radius 1 is 0.762 bits per heavy atom. The second-order valence-corrected chi connectivity index (χ2v) is 3.80. The number of halogens is 9. The van der Waals surface area contributed by atoms with Gasteiger partial charge in [-0.2, -0.15) is 39.5 Å². The summed E-state index contributed by atoms with van der Waals surface area (Å²) in [5, 5.41) is 0. The third-order valence-electron chi connectivity index (χ3n) is 2.27. The minimum Gasteiger partial charge on any atom is -0.426 e. The molecule has 0 aliphatic rings. The SMILES string of the molecule is Nc1ccccc1OC(F)(F)C(F)(F)C(F)(F)C(F)(F)F. The third kappa shape index (κ3) is 2.81. The quantitative estimate of drug-likeness (QED) is 0.668. The number of hydrogen-bond acceptors (Lipinski definition) is 2. The molecule has 0 aliphatic heterocycles. The Balaban J connectivity index is 3.20. The molecule has 0 aromatic heterocycles. The van der Waals surface area contributed by atoms with E-state index in [1.54, 1.807) is 0 Å². The van der Waals surface area contributed by atoms with Gasteiger partial charge in [0.1, 0.15) is 5.75 Å². The van der Waals surface area contributed by atoms with Gasteiger partial charge in [-0.1, -0.05) is 12.1 Å². The lowest BCUT2D eigenvalue weighted by molar-refractivity contribution is -0.428. The Kier molecular flexibility index (Phi) is 4.01. The van der Waals surface area contributed by atoms with Gasteiger partial charge in [-0.25, -0.2) is 0 Å². The molecule has 11 heteroatoms. The van der Waals surface area contributed by atoms with Crippen LogP contribution in [0, 0.1) is 0 Å². The minimum atomic E-state index is -7.01. The molecule has 0 fully saturated rings. The van der Waals surface area contributed by atoms with Crippen LogP contribution in [0.4, 0.5) is 45.2 Å². The molecule has 2 N–H and O–H groups in total. The van der Waals surface area contributed by atoms with Crippen LogP contribution in [0.15, 0.2) is 24.3 Å². The normalized spacial score (nSPS) is 14.1. The lowest BCUT2D eigenvalue weighted by atomic mass is 10.1. The molecule has 1 rings (SSSR count). The molecular formula is C10H6F9NO. The predicted octanol–water partition coefficient (Wildman–Crippen LogP) is 4.07. The summed E-state index contributed by atoms with van der Waals surface area (Å²) in [5.74, 6) is -15.0. The molecule has 1 aromatic carbocycles. The molecule has 0 saturated heterocycles. The summed E-state index contributed by atoms with van der Waals surface area (Å²) in [6.07, 6.45) is -13.0. The van der Waals surface area contributed by atoms with Crippen LogP contribution in [-0.4, -0.2) is 24.1 Å². The number of hydrogen-bond donors (Lipinski definition) is 1. The molecule has 0 aliphatic carbocycles. The Hall–Kier alpha value is -1.81. The first kappa shape index (κ1) is 17.2. The average molecular weight is 327 g/mol. The van der Waals surface area contributed by atoms with E-state index in [1.165, 1.54) is 6.07 Å². The number of alkyl halides is 9. The van der Waals surface area contributed by atoms with Gasteiger partial charge < -0.3 is 10.5 Å². The van der Waals surface area contributed by atoms with Gasteiger partial charge in [0.2, 0.25) is 0 Å². The van der Waals surface area contributed by atoms with Crippen molar-refractivity contribution in [1.29, 1.82) is 0 Å². The maximum Gasteiger partial charge on any atom is 0.471 e. The Bertz CT molecular complexity index is 511. The number of para-hydroxylation sites is 2. The summed E-state index contributed by atoms with van der Waals surface area (Å²) in [5.41, 5.74) is 4.40. The van der Waals surface area contributed by atoms with Gasteiger partial charge in [-0.3, -0.25) is 0 Å². The molecule has 2 nitrogen and oxygen atoms in total. The predicted molar refractivity (Wildman–Crippen MR) is 52.4 cm³/mol. The molecule has 120 valence electrons. The fraction of sp³-hybridized carbons (Fsp3) is 0.400. The van der Waals surface area contributed by atoms with E-state index in [0.717, 1.165) is 12.1 Å². The van der Waals surface area contributed by atoms with Crippen LogP contribution in [-0.2, 0) is 0 Å². The van der Waals surface area contributed by atoms with Crippen molar-refractivity contribution >= 4 is 5.69 Å². The van der Waals surface area contributed by atoms with E-state index in [-0.39, 0.29) is 0 Å². The van der Waals surface area contributed by atoms with Crippen molar-refractivity contribution in [3.05, 3.63) is 24.3 Å². The van der Waals surface area contributed by atoms with Crippen molar-refractivity contribution in [1.82, 2.24) is 0 Å². The summed E-state index contributed by atoms with van der Waals surface area (Å²) < 4.78 is 116. The number of nitrogens with two attached hydrogens (primary N) is 1. The van der Waals surface area contributed by atoms with E-state index < -0.39 is 35.6 Å². The first-order valence-corrected chi connectivity index (χ1v) is 4.98. The maximum absolute atomic E-state index is 13.1. The van der Waals surface area contributed by atoms with Gasteiger partial charge in [0.15, 0.2) is 0 Å². The van der Waals surface area contributed by atoms with E-state index in [2.05, 4.69) is 4.74 Å². The molecule has 0 amide bonds. The van der Waals surface area contributed by atoms with Crippen molar-refractivity contribution in [2.45, 2.75) is 24.1 Å². The Labute approximate surface area is 111 Å². The van der Waals surface area contributed by atoms with Crippen LogP contribution in [0.2, 0.25) is 0 Å². The highest BCUT2D eigenvalue weighted by Crippen LogP contribution is 2.53. The first-order chi connectivity index (χ1) is 9.24. The second kappa shape index (κ2) is 4.88. The average Bonchev–Trinajstić information content (AvgIpc) is 2.30. The van der Waals surface area contributed by atoms with E-state index in [0.29, 0.717) is 6.07 Å². The highest BCUT2D eigenvalue weighted by atomic mass is 19.4. The molecule has 21 heavy (non-hydrogen) atoms. The molecule has 0 bridgehead atoms. The molecule has 0 saturated carbocycles. The van der Waals surface area contributed by atoms with Crippen LogP contribution in [0.25, 0.3) is 0 Å². The number of anilines is 1. The van der Waals surface area contributed by atoms with Crippen LogP contribution in [0.3, 0.4) is 0 Å². The second-order valence-electron chi connectivity index (χ2n) is 3.80. The zero-order chi connectivity index (χ0) is 16.7. The summed E-state index contributed by atoms with van der Waals surface area (Å²) in [7, 11) is 0. The lowest BCUT2D eigenvalue weighted by Crippen LogP contribution is -2.62. The van der Waals surface area contributed by atoms with Crippen molar-refractivity contribution in [3.8, 4) is 5.75 Å². The molecule has 0 radical (unpaired) electrons. The Morgan fingerprint density at radius 3 is 1.67 bits per heavy atom. The zero-order valence-corrected chi connectivity index (χ0v) is 9.70. The smallest absolute Gasteiger partial charge is 0.426 e. The maximum atomic E-state index is 13.1. The highest BCUT2D eigenvalue weighted by Gasteiger charge is 2.83. The van der Waals surface area contributed by atoms with Gasteiger partial charge in [0.25, 0.3) is 0 Å². The minimum absolute atomic E-state index is 0.602. The molecular weight excluding hydrogens is 321 g/mol. The van der Waals surface area contributed by atoms with Crippen molar-refractivity contribution in [2.24, 2.45) is 0 Å². The lowest BCUT2D eigenvalue weighted by Gasteiger charge is -2.33. The van der Waals surface area contributed by atoms with Crippen LogP contribution < -0.4 is 10.5 Å². The van der Waals surface area contributed by atoms with Gasteiger partial charge in [0.05, 0.1) is 5.69 Å². The topological polar surface area (TPSA) is 35.2 Å². The summed E-state index contributed by atoms with van der Waals surface area (Å²) in [6.45, 7) is 0. The third-order valence-corrected chi connectivity index (χ3v) is 2.27. The zero-order valence-electron chi connectivity index (χ0n) is 9.70. The van der Waals surface area contributed by atoms with Crippen molar-refractivity contribution in [3.63, 3.8) is 0 Å². The van der Waals surface area contributed by atoms with Crippen LogP contribution in [0.1, 0.15) is 0 Å². The summed E-state index contributed by atoms with van der Waals surface area (Å²) in [6, 6.07) is 3.64. The molecule has 1 aromatic rings. The number of benzene rings is 1. The van der Waals surface area contributed by atoms with Crippen molar-refractivity contribution < 1.29 is 44.3 Å². The van der Waals surface area contributed by atoms with E-state index >= 15 is 0 Å². The van der Waals surface area contributed by atoms with Gasteiger partial charge in [-0.15, -0.1) is 0 Å².